The minimum absolute atomic E-state index is 0.150. The van der Waals surface area contributed by atoms with E-state index in [0.717, 1.165) is 24.0 Å². The summed E-state index contributed by atoms with van der Waals surface area (Å²) in [6, 6.07) is 3.92. The molecule has 0 spiro atoms. The standard InChI is InChI=1S/C12H18Cl2N2O2S2/c13-4-1-9-20(17,18)16-7-5-15(6-8-16)10-11-2-3-12(14)19-11/h2-3H,1,4-10H2. The largest absolute Gasteiger partial charge is 0.296 e. The van der Waals surface area contributed by atoms with Gasteiger partial charge in [-0.05, 0) is 18.6 Å². The van der Waals surface area contributed by atoms with Crippen LogP contribution in [0.25, 0.3) is 0 Å². The van der Waals surface area contributed by atoms with Crippen molar-refractivity contribution in [3.63, 3.8) is 0 Å². The Hall–Kier alpha value is 0.150. The zero-order chi connectivity index (χ0) is 14.6. The molecule has 0 aliphatic carbocycles. The Labute approximate surface area is 134 Å². The molecular formula is C12H18Cl2N2O2S2. The summed E-state index contributed by atoms with van der Waals surface area (Å²) < 4.78 is 26.5. The lowest BCUT2D eigenvalue weighted by molar-refractivity contribution is 0.183. The smallest absolute Gasteiger partial charge is 0.214 e. The van der Waals surface area contributed by atoms with E-state index in [-0.39, 0.29) is 5.75 Å². The molecule has 1 aliphatic heterocycles. The minimum Gasteiger partial charge on any atom is -0.296 e. The molecule has 1 aromatic heterocycles. The highest BCUT2D eigenvalue weighted by Gasteiger charge is 2.26. The molecule has 20 heavy (non-hydrogen) atoms. The molecule has 0 amide bonds. The highest BCUT2D eigenvalue weighted by atomic mass is 35.5. The first-order valence-corrected chi connectivity index (χ1v) is 9.85. The van der Waals surface area contributed by atoms with Crippen molar-refractivity contribution in [3.05, 3.63) is 21.3 Å². The fourth-order valence-electron chi connectivity index (χ4n) is 2.19. The van der Waals surface area contributed by atoms with Crippen molar-refractivity contribution in [1.82, 2.24) is 9.21 Å². The number of nitrogens with zero attached hydrogens (tertiary/aromatic N) is 2. The van der Waals surface area contributed by atoms with Gasteiger partial charge in [0.2, 0.25) is 10.0 Å². The normalized spacial score (nSPS) is 18.5. The molecule has 4 nitrogen and oxygen atoms in total. The lowest BCUT2D eigenvalue weighted by Gasteiger charge is -2.33. The average molecular weight is 357 g/mol. The Morgan fingerprint density at radius 2 is 1.90 bits per heavy atom. The van der Waals surface area contributed by atoms with Crippen molar-refractivity contribution >= 4 is 44.6 Å². The number of alkyl halides is 1. The third-order valence-corrected chi connectivity index (χ3v) is 6.71. The van der Waals surface area contributed by atoms with Crippen LogP contribution in [0.3, 0.4) is 0 Å². The molecular weight excluding hydrogens is 339 g/mol. The quantitative estimate of drug-likeness (QED) is 0.735. The predicted octanol–water partition coefficient (Wildman–Crippen LogP) is 2.48. The van der Waals surface area contributed by atoms with Crippen molar-refractivity contribution in [2.24, 2.45) is 0 Å². The molecule has 1 saturated heterocycles. The van der Waals surface area contributed by atoms with Crippen molar-refractivity contribution < 1.29 is 8.42 Å². The van der Waals surface area contributed by atoms with Crippen LogP contribution in [0, 0.1) is 0 Å². The number of rotatable bonds is 6. The van der Waals surface area contributed by atoms with Crippen LogP contribution in [-0.2, 0) is 16.6 Å². The van der Waals surface area contributed by atoms with Crippen LogP contribution in [-0.4, -0.2) is 55.4 Å². The fourth-order valence-corrected chi connectivity index (χ4v) is 5.10. The topological polar surface area (TPSA) is 40.6 Å². The van der Waals surface area contributed by atoms with Gasteiger partial charge >= 0.3 is 0 Å². The molecule has 0 radical (unpaired) electrons. The van der Waals surface area contributed by atoms with Gasteiger partial charge in [-0.3, -0.25) is 4.90 Å². The molecule has 114 valence electrons. The lowest BCUT2D eigenvalue weighted by atomic mass is 10.3. The number of piperazine rings is 1. The summed E-state index contributed by atoms with van der Waals surface area (Å²) in [5.41, 5.74) is 0. The molecule has 0 bridgehead atoms. The summed E-state index contributed by atoms with van der Waals surface area (Å²) >= 11 is 13.0. The van der Waals surface area contributed by atoms with Crippen LogP contribution in [0.2, 0.25) is 4.34 Å². The molecule has 1 aliphatic rings. The molecule has 0 N–H and O–H groups in total. The first-order valence-electron chi connectivity index (χ1n) is 6.51. The highest BCUT2D eigenvalue weighted by molar-refractivity contribution is 7.89. The van der Waals surface area contributed by atoms with Gasteiger partial charge in [0.05, 0.1) is 10.1 Å². The van der Waals surface area contributed by atoms with Gasteiger partial charge in [-0.1, -0.05) is 11.6 Å². The molecule has 0 saturated carbocycles. The predicted molar refractivity (Wildman–Crippen MR) is 85.3 cm³/mol. The van der Waals surface area contributed by atoms with Gasteiger partial charge < -0.3 is 0 Å². The van der Waals surface area contributed by atoms with E-state index in [2.05, 4.69) is 4.90 Å². The maximum Gasteiger partial charge on any atom is 0.214 e. The molecule has 0 atom stereocenters. The second kappa shape index (κ2) is 7.42. The Bertz CT molecular complexity index is 525. The zero-order valence-corrected chi connectivity index (χ0v) is 14.2. The molecule has 8 heteroatoms. The lowest BCUT2D eigenvalue weighted by Crippen LogP contribution is -2.48. The number of sulfonamides is 1. The van der Waals surface area contributed by atoms with E-state index in [9.17, 15) is 8.42 Å². The summed E-state index contributed by atoms with van der Waals surface area (Å²) in [5.74, 6) is 0.537. The number of thiophene rings is 1. The fraction of sp³-hybridized carbons (Fsp3) is 0.667. The van der Waals surface area contributed by atoms with E-state index in [4.69, 9.17) is 23.2 Å². The van der Waals surface area contributed by atoms with Crippen LogP contribution in [0.4, 0.5) is 0 Å². The Morgan fingerprint density at radius 1 is 1.20 bits per heavy atom. The van der Waals surface area contributed by atoms with Crippen molar-refractivity contribution in [3.8, 4) is 0 Å². The van der Waals surface area contributed by atoms with Crippen LogP contribution in [0.15, 0.2) is 12.1 Å². The van der Waals surface area contributed by atoms with E-state index < -0.39 is 10.0 Å². The third-order valence-electron chi connectivity index (χ3n) is 3.27. The highest BCUT2D eigenvalue weighted by Crippen LogP contribution is 2.23. The van der Waals surface area contributed by atoms with Crippen LogP contribution >= 0.6 is 34.5 Å². The zero-order valence-electron chi connectivity index (χ0n) is 11.1. The van der Waals surface area contributed by atoms with Gasteiger partial charge in [0.1, 0.15) is 0 Å². The van der Waals surface area contributed by atoms with Crippen molar-refractivity contribution in [2.75, 3.05) is 37.8 Å². The van der Waals surface area contributed by atoms with E-state index in [1.807, 2.05) is 12.1 Å². The monoisotopic (exact) mass is 356 g/mol. The molecule has 2 heterocycles. The second-order valence-electron chi connectivity index (χ2n) is 4.74. The maximum atomic E-state index is 12.0. The van der Waals surface area contributed by atoms with E-state index in [1.165, 1.54) is 4.88 Å². The van der Waals surface area contributed by atoms with Crippen LogP contribution < -0.4 is 0 Å². The molecule has 1 aromatic rings. The Kier molecular flexibility index (Phi) is 6.13. The van der Waals surface area contributed by atoms with Crippen molar-refractivity contribution in [1.29, 1.82) is 0 Å². The van der Waals surface area contributed by atoms with E-state index >= 15 is 0 Å². The minimum atomic E-state index is -3.13. The Balaban J connectivity index is 1.83. The van der Waals surface area contributed by atoms with Gasteiger partial charge in [0, 0.05) is 43.5 Å². The number of hydrogen-bond donors (Lipinski definition) is 0. The average Bonchev–Trinajstić information content (AvgIpc) is 2.82. The third kappa shape index (κ3) is 4.58. The Morgan fingerprint density at radius 3 is 2.45 bits per heavy atom. The first-order chi connectivity index (χ1) is 9.51. The first kappa shape index (κ1) is 16.5. The van der Waals surface area contributed by atoms with Crippen LogP contribution in [0.5, 0.6) is 0 Å². The van der Waals surface area contributed by atoms with Gasteiger partial charge in [-0.25, -0.2) is 8.42 Å². The summed E-state index contributed by atoms with van der Waals surface area (Å²) in [6.07, 6.45) is 0.512. The van der Waals surface area contributed by atoms with Gasteiger partial charge in [-0.15, -0.1) is 22.9 Å². The SMILES string of the molecule is O=S(=O)(CCCCl)N1CCN(Cc2ccc(Cl)s2)CC1. The maximum absolute atomic E-state index is 12.0. The van der Waals surface area contributed by atoms with Crippen molar-refractivity contribution in [2.45, 2.75) is 13.0 Å². The summed E-state index contributed by atoms with van der Waals surface area (Å²) in [6.45, 7) is 3.48. The second-order valence-corrected chi connectivity index (χ2v) is 9.01. The number of halogens is 2. The van der Waals surface area contributed by atoms with Gasteiger partial charge in [0.15, 0.2) is 0 Å². The summed E-state index contributed by atoms with van der Waals surface area (Å²) in [4.78, 5) is 3.48. The van der Waals surface area contributed by atoms with Gasteiger partial charge in [0.25, 0.3) is 0 Å². The molecule has 2 rings (SSSR count). The van der Waals surface area contributed by atoms with Crippen LogP contribution in [0.1, 0.15) is 11.3 Å². The summed E-state index contributed by atoms with van der Waals surface area (Å²) in [7, 11) is -3.13. The van der Waals surface area contributed by atoms with Gasteiger partial charge in [-0.2, -0.15) is 4.31 Å². The van der Waals surface area contributed by atoms with E-state index in [1.54, 1.807) is 15.6 Å². The number of hydrogen-bond acceptors (Lipinski definition) is 4. The molecule has 0 unspecified atom stereocenters. The molecule has 1 fully saturated rings. The summed E-state index contributed by atoms with van der Waals surface area (Å²) in [5, 5.41) is 0. The molecule has 0 aromatic carbocycles. The van der Waals surface area contributed by atoms with E-state index in [0.29, 0.717) is 25.4 Å².